The topological polar surface area (TPSA) is 68.2 Å². The molecule has 0 atom stereocenters. The predicted octanol–water partition coefficient (Wildman–Crippen LogP) is 2.69. The summed E-state index contributed by atoms with van der Waals surface area (Å²) in [6.45, 7) is 10.7. The molecule has 1 heterocycles. The number of aryl methyl sites for hydroxylation is 2. The van der Waals surface area contributed by atoms with Crippen molar-refractivity contribution in [2.45, 2.75) is 46.7 Å². The summed E-state index contributed by atoms with van der Waals surface area (Å²) in [5, 5.41) is 7.72. The van der Waals surface area contributed by atoms with Gasteiger partial charge in [-0.15, -0.1) is 0 Å². The van der Waals surface area contributed by atoms with Crippen LogP contribution in [0.3, 0.4) is 0 Å². The maximum Gasteiger partial charge on any atom is 0.189 e. The first kappa shape index (κ1) is 16.1. The highest BCUT2D eigenvalue weighted by Gasteiger charge is 2.11. The molecule has 0 saturated heterocycles. The highest BCUT2D eigenvalue weighted by Crippen LogP contribution is 2.17. The lowest BCUT2D eigenvalue weighted by molar-refractivity contribution is 0.508. The molecule has 0 aliphatic carbocycles. The number of nitrogens with one attached hydrogen (secondary N) is 1. The Labute approximate surface area is 132 Å². The molecule has 1 aromatic heterocycles. The summed E-state index contributed by atoms with van der Waals surface area (Å²) in [6.07, 6.45) is 0. The number of guanidine groups is 1. The molecule has 0 radical (unpaired) electrons. The zero-order valence-electron chi connectivity index (χ0n) is 14.0. The molecule has 0 saturated carbocycles. The van der Waals surface area contributed by atoms with Crippen LogP contribution in [0.5, 0.6) is 0 Å². The van der Waals surface area contributed by atoms with Gasteiger partial charge in [-0.05, 0) is 52.3 Å². The number of aromatic nitrogens is 2. The Hall–Kier alpha value is -2.30. The molecule has 0 aliphatic heterocycles. The van der Waals surface area contributed by atoms with Crippen LogP contribution in [0.15, 0.2) is 35.3 Å². The van der Waals surface area contributed by atoms with Crippen LogP contribution in [-0.4, -0.2) is 21.3 Å². The van der Waals surface area contributed by atoms with E-state index in [9.17, 15) is 0 Å². The van der Waals surface area contributed by atoms with Gasteiger partial charge >= 0.3 is 0 Å². The Morgan fingerprint density at radius 3 is 2.55 bits per heavy atom. The predicted molar refractivity (Wildman–Crippen MR) is 91.3 cm³/mol. The Bertz CT molecular complexity index is 677. The van der Waals surface area contributed by atoms with Crippen molar-refractivity contribution < 1.29 is 0 Å². The largest absolute Gasteiger partial charge is 0.370 e. The van der Waals surface area contributed by atoms with Gasteiger partial charge in [0.1, 0.15) is 0 Å². The lowest BCUT2D eigenvalue weighted by Gasteiger charge is -2.21. The van der Waals surface area contributed by atoms with Gasteiger partial charge in [-0.1, -0.05) is 18.2 Å². The second kappa shape index (κ2) is 6.22. The number of nitrogens with two attached hydrogens (primary N) is 1. The lowest BCUT2D eigenvalue weighted by Crippen LogP contribution is -2.45. The molecule has 0 aliphatic rings. The van der Waals surface area contributed by atoms with Crippen molar-refractivity contribution in [1.82, 2.24) is 15.1 Å². The minimum atomic E-state index is -0.0945. The quantitative estimate of drug-likeness (QED) is 0.676. The number of hydrogen-bond acceptors (Lipinski definition) is 2. The Morgan fingerprint density at radius 1 is 1.27 bits per heavy atom. The number of aliphatic imine (C=N–C) groups is 1. The number of nitrogens with zero attached hydrogens (tertiary/aromatic N) is 3. The second-order valence-electron chi connectivity index (χ2n) is 6.54. The highest BCUT2D eigenvalue weighted by molar-refractivity contribution is 5.78. The molecule has 0 fully saturated rings. The van der Waals surface area contributed by atoms with Crippen LogP contribution in [0.1, 0.15) is 37.7 Å². The summed E-state index contributed by atoms with van der Waals surface area (Å²) in [5.74, 6) is 0.454. The smallest absolute Gasteiger partial charge is 0.189 e. The van der Waals surface area contributed by atoms with Crippen molar-refractivity contribution in [2.75, 3.05) is 0 Å². The molecule has 0 spiro atoms. The molecular weight excluding hydrogens is 274 g/mol. The average Bonchev–Trinajstić information content (AvgIpc) is 2.74. The lowest BCUT2D eigenvalue weighted by atomic mass is 10.1. The molecule has 0 bridgehead atoms. The number of para-hydroxylation sites is 1. The fourth-order valence-electron chi connectivity index (χ4n) is 2.32. The van der Waals surface area contributed by atoms with Crippen LogP contribution in [0.2, 0.25) is 0 Å². The zero-order valence-corrected chi connectivity index (χ0v) is 14.0. The first-order valence-electron chi connectivity index (χ1n) is 7.46. The number of rotatable bonds is 3. The van der Waals surface area contributed by atoms with E-state index in [1.165, 1.54) is 0 Å². The van der Waals surface area contributed by atoms with Crippen LogP contribution in [0.4, 0.5) is 0 Å². The van der Waals surface area contributed by atoms with E-state index in [1.807, 2.05) is 23.7 Å². The maximum absolute atomic E-state index is 5.95. The Balaban J connectivity index is 2.26. The van der Waals surface area contributed by atoms with Crippen LogP contribution < -0.4 is 11.1 Å². The number of hydrogen-bond donors (Lipinski definition) is 2. The zero-order chi connectivity index (χ0) is 16.3. The van der Waals surface area contributed by atoms with E-state index in [0.29, 0.717) is 12.5 Å². The van der Waals surface area contributed by atoms with Gasteiger partial charge in [-0.25, -0.2) is 9.67 Å². The minimum absolute atomic E-state index is 0.0945. The first-order valence-corrected chi connectivity index (χ1v) is 7.46. The van der Waals surface area contributed by atoms with E-state index >= 15 is 0 Å². The Kier molecular flexibility index (Phi) is 4.54. The van der Waals surface area contributed by atoms with Gasteiger partial charge < -0.3 is 11.1 Å². The molecule has 3 N–H and O–H groups in total. The van der Waals surface area contributed by atoms with E-state index in [-0.39, 0.29) is 5.54 Å². The van der Waals surface area contributed by atoms with E-state index in [4.69, 9.17) is 5.73 Å². The van der Waals surface area contributed by atoms with Crippen molar-refractivity contribution in [2.24, 2.45) is 10.7 Å². The normalized spacial score (nSPS) is 12.5. The van der Waals surface area contributed by atoms with Crippen molar-refractivity contribution in [1.29, 1.82) is 0 Å². The van der Waals surface area contributed by atoms with E-state index < -0.39 is 0 Å². The van der Waals surface area contributed by atoms with Crippen molar-refractivity contribution in [3.63, 3.8) is 0 Å². The van der Waals surface area contributed by atoms with Crippen LogP contribution in [0.25, 0.3) is 5.69 Å². The summed E-state index contributed by atoms with van der Waals surface area (Å²) in [5.41, 5.74) is 10.1. The molecular formula is C17H25N5. The Morgan fingerprint density at radius 2 is 1.95 bits per heavy atom. The molecule has 2 rings (SSSR count). The van der Waals surface area contributed by atoms with Crippen molar-refractivity contribution >= 4 is 5.96 Å². The molecule has 0 unspecified atom stereocenters. The fourth-order valence-corrected chi connectivity index (χ4v) is 2.32. The maximum atomic E-state index is 5.95. The molecule has 2 aromatic rings. The SMILES string of the molecule is Cc1cc(C)n(-c2ccccc2CN=C(N)NC(C)(C)C)n1. The fraction of sp³-hybridized carbons (Fsp3) is 0.412. The van der Waals surface area contributed by atoms with E-state index in [0.717, 1.165) is 22.6 Å². The number of benzene rings is 1. The highest BCUT2D eigenvalue weighted by atomic mass is 15.3. The summed E-state index contributed by atoms with van der Waals surface area (Å²) in [4.78, 5) is 4.44. The van der Waals surface area contributed by atoms with Crippen LogP contribution in [0, 0.1) is 13.8 Å². The molecule has 5 nitrogen and oxygen atoms in total. The summed E-state index contributed by atoms with van der Waals surface area (Å²) >= 11 is 0. The van der Waals surface area contributed by atoms with Gasteiger partial charge in [-0.3, -0.25) is 0 Å². The third-order valence-corrected chi connectivity index (χ3v) is 3.15. The van der Waals surface area contributed by atoms with Crippen molar-refractivity contribution in [3.05, 3.63) is 47.3 Å². The average molecular weight is 299 g/mol. The van der Waals surface area contributed by atoms with Gasteiger partial charge in [-0.2, -0.15) is 5.10 Å². The molecule has 5 heteroatoms. The second-order valence-corrected chi connectivity index (χ2v) is 6.54. The van der Waals surface area contributed by atoms with Crippen LogP contribution in [-0.2, 0) is 6.54 Å². The van der Waals surface area contributed by atoms with Gasteiger partial charge in [0.05, 0.1) is 17.9 Å². The summed E-state index contributed by atoms with van der Waals surface area (Å²) < 4.78 is 1.95. The van der Waals surface area contributed by atoms with Gasteiger partial charge in [0, 0.05) is 11.2 Å². The third-order valence-electron chi connectivity index (χ3n) is 3.15. The van der Waals surface area contributed by atoms with E-state index in [1.54, 1.807) is 0 Å². The summed E-state index contributed by atoms with van der Waals surface area (Å²) in [7, 11) is 0. The first-order chi connectivity index (χ1) is 10.3. The molecule has 1 aromatic carbocycles. The van der Waals surface area contributed by atoms with Gasteiger partial charge in [0.2, 0.25) is 0 Å². The third kappa shape index (κ3) is 4.10. The minimum Gasteiger partial charge on any atom is -0.370 e. The summed E-state index contributed by atoms with van der Waals surface area (Å²) in [6, 6.07) is 10.2. The van der Waals surface area contributed by atoms with Gasteiger partial charge in [0.25, 0.3) is 0 Å². The molecule has 0 amide bonds. The standard InChI is InChI=1S/C17H25N5/c1-12-10-13(2)22(21-12)15-9-7-6-8-14(15)11-19-16(18)20-17(3,4)5/h6-10H,11H2,1-5H3,(H3,18,19,20). The monoisotopic (exact) mass is 299 g/mol. The molecule has 22 heavy (non-hydrogen) atoms. The van der Waals surface area contributed by atoms with Crippen molar-refractivity contribution in [3.8, 4) is 5.69 Å². The van der Waals surface area contributed by atoms with E-state index in [2.05, 4.69) is 61.3 Å². The van der Waals surface area contributed by atoms with Crippen LogP contribution >= 0.6 is 0 Å². The van der Waals surface area contributed by atoms with Gasteiger partial charge in [0.15, 0.2) is 5.96 Å². The molecule has 118 valence electrons.